The van der Waals surface area contributed by atoms with E-state index < -0.39 is 0 Å². The van der Waals surface area contributed by atoms with Gasteiger partial charge in [-0.3, -0.25) is 9.69 Å². The van der Waals surface area contributed by atoms with Gasteiger partial charge in [0.25, 0.3) is 0 Å². The molecule has 154 valence electrons. The summed E-state index contributed by atoms with van der Waals surface area (Å²) in [7, 11) is 0. The zero-order valence-electron chi connectivity index (χ0n) is 17.0. The highest BCUT2D eigenvalue weighted by atomic mass is 16.2. The van der Waals surface area contributed by atoms with Crippen LogP contribution in [0.25, 0.3) is 0 Å². The normalized spacial score (nSPS) is 16.8. The largest absolute Gasteiger partial charge is 0.351 e. The van der Waals surface area contributed by atoms with Gasteiger partial charge in [0.1, 0.15) is 0 Å². The zero-order chi connectivity index (χ0) is 20.5. The highest BCUT2D eigenvalue weighted by Crippen LogP contribution is 2.16. The lowest BCUT2D eigenvalue weighted by Crippen LogP contribution is -2.50. The van der Waals surface area contributed by atoms with Gasteiger partial charge in [-0.25, -0.2) is 4.79 Å². The van der Waals surface area contributed by atoms with Crippen LogP contribution in [0.4, 0.5) is 10.5 Å². The molecule has 0 saturated carbocycles. The molecule has 1 unspecified atom stereocenters. The quantitative estimate of drug-likeness (QED) is 0.675. The Morgan fingerprint density at radius 1 is 1.00 bits per heavy atom. The van der Waals surface area contributed by atoms with Crippen LogP contribution in [0.3, 0.4) is 0 Å². The van der Waals surface area contributed by atoms with Gasteiger partial charge in [-0.2, -0.15) is 0 Å². The Morgan fingerprint density at radius 2 is 1.76 bits per heavy atom. The molecule has 0 aromatic heterocycles. The SMILES string of the molecule is Cc1ccc(CNC(=O)CN2CCCCC2CNC(=O)Nc2ccccc2)cc1. The smallest absolute Gasteiger partial charge is 0.319 e. The van der Waals surface area contributed by atoms with E-state index in [2.05, 4.69) is 20.9 Å². The number of hydrogen-bond donors (Lipinski definition) is 3. The van der Waals surface area contributed by atoms with E-state index in [9.17, 15) is 9.59 Å². The van der Waals surface area contributed by atoms with Crippen molar-refractivity contribution in [1.82, 2.24) is 15.5 Å². The maximum absolute atomic E-state index is 12.4. The van der Waals surface area contributed by atoms with Crippen molar-refractivity contribution in [2.75, 3.05) is 25.0 Å². The summed E-state index contributed by atoms with van der Waals surface area (Å²) in [6, 6.07) is 17.5. The fraction of sp³-hybridized carbons (Fsp3) is 0.391. The highest BCUT2D eigenvalue weighted by molar-refractivity contribution is 5.89. The molecule has 1 saturated heterocycles. The number of benzene rings is 2. The molecule has 0 spiro atoms. The zero-order valence-corrected chi connectivity index (χ0v) is 17.0. The van der Waals surface area contributed by atoms with E-state index in [4.69, 9.17) is 0 Å². The van der Waals surface area contributed by atoms with Gasteiger partial charge in [0.05, 0.1) is 6.54 Å². The Labute approximate surface area is 172 Å². The molecule has 2 aromatic carbocycles. The van der Waals surface area contributed by atoms with E-state index >= 15 is 0 Å². The number of nitrogens with zero attached hydrogens (tertiary/aromatic N) is 1. The van der Waals surface area contributed by atoms with Crippen molar-refractivity contribution in [2.45, 2.75) is 38.8 Å². The van der Waals surface area contributed by atoms with Crippen LogP contribution in [0.15, 0.2) is 54.6 Å². The maximum Gasteiger partial charge on any atom is 0.319 e. The summed E-state index contributed by atoms with van der Waals surface area (Å²) < 4.78 is 0. The van der Waals surface area contributed by atoms with Gasteiger partial charge >= 0.3 is 6.03 Å². The van der Waals surface area contributed by atoms with Gasteiger partial charge in [0.2, 0.25) is 5.91 Å². The first-order valence-corrected chi connectivity index (χ1v) is 10.3. The first-order chi connectivity index (χ1) is 14.1. The van der Waals surface area contributed by atoms with E-state index in [0.29, 0.717) is 19.6 Å². The summed E-state index contributed by atoms with van der Waals surface area (Å²) in [5.41, 5.74) is 3.07. The first-order valence-electron chi connectivity index (χ1n) is 10.3. The molecule has 3 N–H and O–H groups in total. The molecule has 6 heteroatoms. The number of nitrogens with one attached hydrogen (secondary N) is 3. The minimum absolute atomic E-state index is 0.0196. The van der Waals surface area contributed by atoms with Gasteiger partial charge in [-0.1, -0.05) is 54.4 Å². The van der Waals surface area contributed by atoms with Gasteiger partial charge in [-0.15, -0.1) is 0 Å². The molecule has 0 radical (unpaired) electrons. The lowest BCUT2D eigenvalue weighted by Gasteiger charge is -2.35. The van der Waals surface area contributed by atoms with Crippen molar-refractivity contribution in [3.63, 3.8) is 0 Å². The van der Waals surface area contributed by atoms with E-state index in [0.717, 1.165) is 37.1 Å². The van der Waals surface area contributed by atoms with Gasteiger partial charge < -0.3 is 16.0 Å². The molecule has 3 amide bonds. The second kappa shape index (κ2) is 10.6. The summed E-state index contributed by atoms with van der Waals surface area (Å²) in [4.78, 5) is 26.7. The van der Waals surface area contributed by atoms with Crippen LogP contribution < -0.4 is 16.0 Å². The minimum atomic E-state index is -0.217. The molecular weight excluding hydrogens is 364 g/mol. The average molecular weight is 395 g/mol. The number of carbonyl (C=O) groups is 2. The third-order valence-corrected chi connectivity index (χ3v) is 5.24. The molecule has 1 aliphatic heterocycles. The average Bonchev–Trinajstić information content (AvgIpc) is 2.73. The number of anilines is 1. The topological polar surface area (TPSA) is 73.5 Å². The number of para-hydroxylation sites is 1. The Morgan fingerprint density at radius 3 is 2.52 bits per heavy atom. The number of carbonyl (C=O) groups excluding carboxylic acids is 2. The molecule has 6 nitrogen and oxygen atoms in total. The monoisotopic (exact) mass is 394 g/mol. The first kappa shape index (κ1) is 20.9. The Hall–Kier alpha value is -2.86. The van der Waals surface area contributed by atoms with Crippen LogP contribution in [0, 0.1) is 6.92 Å². The lowest BCUT2D eigenvalue weighted by molar-refractivity contribution is -0.123. The van der Waals surface area contributed by atoms with Crippen LogP contribution in [0.5, 0.6) is 0 Å². The maximum atomic E-state index is 12.4. The minimum Gasteiger partial charge on any atom is -0.351 e. The fourth-order valence-corrected chi connectivity index (χ4v) is 3.55. The van der Waals surface area contributed by atoms with Crippen LogP contribution in [0.2, 0.25) is 0 Å². The second-order valence-corrected chi connectivity index (χ2v) is 7.58. The number of piperidine rings is 1. The number of urea groups is 1. The molecule has 1 heterocycles. The summed E-state index contributed by atoms with van der Waals surface area (Å²) in [6.07, 6.45) is 3.18. The summed E-state index contributed by atoms with van der Waals surface area (Å²) in [5, 5.41) is 8.78. The number of hydrogen-bond acceptors (Lipinski definition) is 3. The van der Waals surface area contributed by atoms with Crippen LogP contribution in [0.1, 0.15) is 30.4 Å². The van der Waals surface area contributed by atoms with Gasteiger partial charge in [-0.05, 0) is 44.0 Å². The third-order valence-electron chi connectivity index (χ3n) is 5.24. The predicted molar refractivity (Wildman–Crippen MR) is 116 cm³/mol. The van der Waals surface area contributed by atoms with E-state index in [1.807, 2.05) is 61.5 Å². The van der Waals surface area contributed by atoms with E-state index in [1.165, 1.54) is 5.56 Å². The molecule has 2 aromatic rings. The van der Waals surface area contributed by atoms with Crippen molar-refractivity contribution in [1.29, 1.82) is 0 Å². The van der Waals surface area contributed by atoms with E-state index in [-0.39, 0.29) is 18.0 Å². The Balaban J connectivity index is 1.44. The van der Waals surface area contributed by atoms with Gasteiger partial charge in [0, 0.05) is 24.8 Å². The summed E-state index contributed by atoms with van der Waals surface area (Å²) in [6.45, 7) is 4.36. The summed E-state index contributed by atoms with van der Waals surface area (Å²) >= 11 is 0. The predicted octanol–water partition coefficient (Wildman–Crippen LogP) is 3.29. The van der Waals surface area contributed by atoms with Crippen LogP contribution in [-0.2, 0) is 11.3 Å². The standard InChI is InChI=1S/C23H30N4O2/c1-18-10-12-19(13-11-18)15-24-22(28)17-27-14-6-5-9-21(27)16-25-23(29)26-20-7-3-2-4-8-20/h2-4,7-8,10-13,21H,5-6,9,14-17H2,1H3,(H,24,28)(H2,25,26,29). The fourth-order valence-electron chi connectivity index (χ4n) is 3.55. The molecule has 1 atom stereocenters. The van der Waals surface area contributed by atoms with Crippen molar-refractivity contribution in [3.8, 4) is 0 Å². The van der Waals surface area contributed by atoms with E-state index in [1.54, 1.807) is 0 Å². The molecule has 3 rings (SSSR count). The molecular formula is C23H30N4O2. The van der Waals surface area contributed by atoms with Gasteiger partial charge in [0.15, 0.2) is 0 Å². The third kappa shape index (κ3) is 6.91. The van der Waals surface area contributed by atoms with Crippen molar-refractivity contribution in [2.24, 2.45) is 0 Å². The molecule has 0 bridgehead atoms. The number of amides is 3. The summed E-state index contributed by atoms with van der Waals surface area (Å²) in [5.74, 6) is 0.0196. The van der Waals surface area contributed by atoms with Crippen LogP contribution >= 0.6 is 0 Å². The lowest BCUT2D eigenvalue weighted by atomic mass is 10.0. The molecule has 0 aliphatic carbocycles. The van der Waals surface area contributed by atoms with Crippen molar-refractivity contribution >= 4 is 17.6 Å². The highest BCUT2D eigenvalue weighted by Gasteiger charge is 2.24. The Kier molecular flexibility index (Phi) is 7.64. The molecule has 1 fully saturated rings. The molecule has 29 heavy (non-hydrogen) atoms. The van der Waals surface area contributed by atoms with Crippen LogP contribution in [-0.4, -0.2) is 42.5 Å². The number of aryl methyl sites for hydroxylation is 1. The number of rotatable bonds is 7. The number of likely N-dealkylation sites (tertiary alicyclic amines) is 1. The second-order valence-electron chi connectivity index (χ2n) is 7.58. The Bertz CT molecular complexity index is 792. The van der Waals surface area contributed by atoms with Crippen molar-refractivity contribution < 1.29 is 9.59 Å². The molecule has 1 aliphatic rings. The van der Waals surface area contributed by atoms with Crippen molar-refractivity contribution in [3.05, 3.63) is 65.7 Å².